The fourth-order valence-corrected chi connectivity index (χ4v) is 3.00. The minimum atomic E-state index is -3.60. The van der Waals surface area contributed by atoms with Crippen molar-refractivity contribution in [2.24, 2.45) is 0 Å². The van der Waals surface area contributed by atoms with Crippen molar-refractivity contribution in [1.82, 2.24) is 15.3 Å². The summed E-state index contributed by atoms with van der Waals surface area (Å²) in [5, 5.41) is 2.96. The van der Waals surface area contributed by atoms with E-state index in [0.29, 0.717) is 17.9 Å². The van der Waals surface area contributed by atoms with Crippen LogP contribution in [-0.2, 0) is 16.6 Å². The molecule has 108 valence electrons. The van der Waals surface area contributed by atoms with Crippen LogP contribution in [0.5, 0.6) is 0 Å². The number of aryl methyl sites for hydroxylation is 2. The van der Waals surface area contributed by atoms with Gasteiger partial charge < -0.3 is 10.3 Å². The summed E-state index contributed by atoms with van der Waals surface area (Å²) in [4.78, 5) is 7.38. The van der Waals surface area contributed by atoms with Crippen LogP contribution in [0.3, 0.4) is 0 Å². The maximum Gasteiger partial charge on any atom is 0.263 e. The highest BCUT2D eigenvalue weighted by molar-refractivity contribution is 7.92. The third-order valence-electron chi connectivity index (χ3n) is 2.86. The Morgan fingerprint density at radius 2 is 2.05 bits per heavy atom. The van der Waals surface area contributed by atoms with Gasteiger partial charge in [-0.3, -0.25) is 9.71 Å². The van der Waals surface area contributed by atoms with Gasteiger partial charge in [-0.25, -0.2) is 8.42 Å². The van der Waals surface area contributed by atoms with Crippen molar-refractivity contribution < 1.29 is 8.42 Å². The second-order valence-electron chi connectivity index (χ2n) is 4.58. The SMILES string of the molecule is CNCc1cc(S(=O)(=O)Nc2ccc(C)nc2C)c[nH]1. The second kappa shape index (κ2) is 5.64. The van der Waals surface area contributed by atoms with E-state index < -0.39 is 10.0 Å². The first-order chi connectivity index (χ1) is 9.42. The zero-order valence-corrected chi connectivity index (χ0v) is 12.5. The van der Waals surface area contributed by atoms with Crippen LogP contribution >= 0.6 is 0 Å². The fraction of sp³-hybridized carbons (Fsp3) is 0.308. The maximum atomic E-state index is 12.3. The predicted molar refractivity (Wildman–Crippen MR) is 78.1 cm³/mol. The van der Waals surface area contributed by atoms with Crippen molar-refractivity contribution in [3.8, 4) is 0 Å². The van der Waals surface area contributed by atoms with Gasteiger partial charge in [0, 0.05) is 24.1 Å². The van der Waals surface area contributed by atoms with Crippen LogP contribution in [0.15, 0.2) is 29.3 Å². The molecular weight excluding hydrogens is 276 g/mol. The first-order valence-electron chi connectivity index (χ1n) is 6.21. The third kappa shape index (κ3) is 3.17. The molecular formula is C13H18N4O2S. The number of pyridine rings is 1. The third-order valence-corrected chi connectivity index (χ3v) is 4.21. The monoisotopic (exact) mass is 294 g/mol. The van der Waals surface area contributed by atoms with Gasteiger partial charge in [0.2, 0.25) is 0 Å². The summed E-state index contributed by atoms with van der Waals surface area (Å²) < 4.78 is 27.1. The Morgan fingerprint density at radius 1 is 1.30 bits per heavy atom. The van der Waals surface area contributed by atoms with Crippen LogP contribution in [0.4, 0.5) is 5.69 Å². The number of anilines is 1. The minimum Gasteiger partial charge on any atom is -0.363 e. The van der Waals surface area contributed by atoms with E-state index in [1.165, 1.54) is 6.20 Å². The smallest absolute Gasteiger partial charge is 0.263 e. The molecule has 0 spiro atoms. The predicted octanol–water partition coefficient (Wildman–Crippen LogP) is 1.55. The molecule has 2 heterocycles. The molecule has 3 N–H and O–H groups in total. The van der Waals surface area contributed by atoms with Crippen LogP contribution in [-0.4, -0.2) is 25.4 Å². The van der Waals surface area contributed by atoms with Crippen LogP contribution in [0, 0.1) is 13.8 Å². The molecule has 7 heteroatoms. The molecule has 0 saturated carbocycles. The van der Waals surface area contributed by atoms with Gasteiger partial charge in [-0.05, 0) is 39.1 Å². The summed E-state index contributed by atoms with van der Waals surface area (Å²) in [7, 11) is -1.79. The molecule has 0 saturated heterocycles. The number of sulfonamides is 1. The quantitative estimate of drug-likeness (QED) is 0.781. The zero-order chi connectivity index (χ0) is 14.8. The Kier molecular flexibility index (Phi) is 4.10. The molecule has 0 amide bonds. The van der Waals surface area contributed by atoms with Crippen LogP contribution < -0.4 is 10.0 Å². The summed E-state index contributed by atoms with van der Waals surface area (Å²) in [5.74, 6) is 0. The van der Waals surface area contributed by atoms with Crippen molar-refractivity contribution in [1.29, 1.82) is 0 Å². The highest BCUT2D eigenvalue weighted by Gasteiger charge is 2.17. The first kappa shape index (κ1) is 14.5. The van der Waals surface area contributed by atoms with Gasteiger partial charge in [-0.1, -0.05) is 0 Å². The van der Waals surface area contributed by atoms with E-state index in [-0.39, 0.29) is 4.90 Å². The zero-order valence-electron chi connectivity index (χ0n) is 11.7. The molecule has 2 aromatic heterocycles. The number of aromatic nitrogens is 2. The molecule has 6 nitrogen and oxygen atoms in total. The van der Waals surface area contributed by atoms with Crippen molar-refractivity contribution >= 4 is 15.7 Å². The van der Waals surface area contributed by atoms with E-state index in [1.807, 2.05) is 6.92 Å². The number of nitrogens with one attached hydrogen (secondary N) is 3. The number of rotatable bonds is 5. The van der Waals surface area contributed by atoms with Gasteiger partial charge in [0.05, 0.1) is 11.4 Å². The lowest BCUT2D eigenvalue weighted by Crippen LogP contribution is -2.13. The van der Waals surface area contributed by atoms with Crippen LogP contribution in [0.1, 0.15) is 17.1 Å². The van der Waals surface area contributed by atoms with E-state index >= 15 is 0 Å². The van der Waals surface area contributed by atoms with Gasteiger partial charge >= 0.3 is 0 Å². The van der Waals surface area contributed by atoms with Crippen LogP contribution in [0.2, 0.25) is 0 Å². The lowest BCUT2D eigenvalue weighted by atomic mass is 10.3. The van der Waals surface area contributed by atoms with Gasteiger partial charge in [-0.15, -0.1) is 0 Å². The molecule has 0 aliphatic carbocycles. The fourth-order valence-electron chi connectivity index (χ4n) is 1.86. The molecule has 2 aromatic rings. The number of nitrogens with zero attached hydrogens (tertiary/aromatic N) is 1. The molecule has 0 aliphatic heterocycles. The molecule has 0 aromatic carbocycles. The largest absolute Gasteiger partial charge is 0.363 e. The van der Waals surface area contributed by atoms with E-state index in [4.69, 9.17) is 0 Å². The van der Waals surface area contributed by atoms with Gasteiger partial charge in [0.25, 0.3) is 10.0 Å². The molecule has 20 heavy (non-hydrogen) atoms. The highest BCUT2D eigenvalue weighted by atomic mass is 32.2. The standard InChI is InChI=1S/C13H18N4O2S/c1-9-4-5-13(10(2)16-9)17-20(18,19)12-6-11(7-14-3)15-8-12/h4-6,8,14-15,17H,7H2,1-3H3. The van der Waals surface area contributed by atoms with Gasteiger partial charge in [-0.2, -0.15) is 0 Å². The molecule has 2 rings (SSSR count). The first-order valence-corrected chi connectivity index (χ1v) is 7.69. The van der Waals surface area contributed by atoms with Crippen molar-refractivity contribution in [2.75, 3.05) is 11.8 Å². The number of hydrogen-bond acceptors (Lipinski definition) is 4. The van der Waals surface area contributed by atoms with E-state index in [0.717, 1.165) is 11.4 Å². The summed E-state index contributed by atoms with van der Waals surface area (Å²) >= 11 is 0. The number of hydrogen-bond donors (Lipinski definition) is 3. The van der Waals surface area contributed by atoms with Crippen LogP contribution in [0.25, 0.3) is 0 Å². The average molecular weight is 294 g/mol. The normalized spacial score (nSPS) is 11.6. The van der Waals surface area contributed by atoms with E-state index in [9.17, 15) is 8.42 Å². The molecule has 0 radical (unpaired) electrons. The summed E-state index contributed by atoms with van der Waals surface area (Å²) in [6, 6.07) is 5.10. The minimum absolute atomic E-state index is 0.211. The molecule has 0 atom stereocenters. The van der Waals surface area contributed by atoms with E-state index in [2.05, 4.69) is 20.0 Å². The number of H-pyrrole nitrogens is 1. The Hall–Kier alpha value is -1.86. The summed E-state index contributed by atoms with van der Waals surface area (Å²) in [5.41, 5.74) is 2.81. The van der Waals surface area contributed by atoms with Crippen molar-refractivity contribution in [2.45, 2.75) is 25.3 Å². The molecule has 0 aliphatic rings. The number of aromatic amines is 1. The highest BCUT2D eigenvalue weighted by Crippen LogP contribution is 2.19. The van der Waals surface area contributed by atoms with E-state index in [1.54, 1.807) is 32.2 Å². The Balaban J connectivity index is 2.26. The summed E-state index contributed by atoms with van der Waals surface area (Å²) in [6.45, 7) is 4.22. The van der Waals surface area contributed by atoms with Crippen molar-refractivity contribution in [3.05, 3.63) is 41.5 Å². The second-order valence-corrected chi connectivity index (χ2v) is 6.26. The molecule has 0 fully saturated rings. The van der Waals surface area contributed by atoms with Gasteiger partial charge in [0.1, 0.15) is 4.90 Å². The van der Waals surface area contributed by atoms with Gasteiger partial charge in [0.15, 0.2) is 0 Å². The average Bonchev–Trinajstić information content (AvgIpc) is 2.83. The Bertz CT molecular complexity index is 707. The summed E-state index contributed by atoms with van der Waals surface area (Å²) in [6.07, 6.45) is 1.48. The topological polar surface area (TPSA) is 86.9 Å². The molecule has 0 unspecified atom stereocenters. The lowest BCUT2D eigenvalue weighted by Gasteiger charge is -2.09. The Labute approximate surface area is 118 Å². The lowest BCUT2D eigenvalue weighted by molar-refractivity contribution is 0.601. The maximum absolute atomic E-state index is 12.3. The van der Waals surface area contributed by atoms with Crippen molar-refractivity contribution in [3.63, 3.8) is 0 Å². The molecule has 0 bridgehead atoms. The Morgan fingerprint density at radius 3 is 2.70 bits per heavy atom.